The fourth-order valence-electron chi connectivity index (χ4n) is 1.13. The predicted octanol–water partition coefficient (Wildman–Crippen LogP) is 0.266. The number of H-pyrrole nitrogens is 1. The van der Waals surface area contributed by atoms with Gasteiger partial charge >= 0.3 is 0 Å². The second kappa shape index (κ2) is 6.01. The minimum absolute atomic E-state index is 0.525. The summed E-state index contributed by atoms with van der Waals surface area (Å²) in [6.45, 7) is 3.56. The maximum Gasteiger partial charge on any atom is 0.188 e. The molecule has 0 fully saturated rings. The molecule has 0 aliphatic rings. The predicted molar refractivity (Wildman–Crippen MR) is 57.1 cm³/mol. The molecule has 5 nitrogen and oxygen atoms in total. The quantitative estimate of drug-likeness (QED) is 0.358. The van der Waals surface area contributed by atoms with Crippen molar-refractivity contribution >= 4 is 5.96 Å². The number of aromatic nitrogens is 2. The lowest BCUT2D eigenvalue weighted by Crippen LogP contribution is -2.31. The first-order valence-corrected chi connectivity index (χ1v) is 4.84. The van der Waals surface area contributed by atoms with Crippen LogP contribution in [-0.4, -0.2) is 29.0 Å². The Morgan fingerprint density at radius 1 is 1.71 bits per heavy atom. The van der Waals surface area contributed by atoms with E-state index in [0.717, 1.165) is 31.6 Å². The molecule has 0 aromatic carbocycles. The van der Waals surface area contributed by atoms with Crippen molar-refractivity contribution in [1.82, 2.24) is 15.3 Å². The third kappa shape index (κ3) is 3.93. The Hall–Kier alpha value is -1.52. The van der Waals surface area contributed by atoms with Crippen molar-refractivity contribution in [2.45, 2.75) is 19.8 Å². The van der Waals surface area contributed by atoms with Gasteiger partial charge in [0, 0.05) is 25.0 Å². The molecule has 0 saturated carbocycles. The number of aromatic amines is 1. The van der Waals surface area contributed by atoms with Crippen molar-refractivity contribution in [2.24, 2.45) is 10.7 Å². The maximum absolute atomic E-state index is 5.56. The maximum atomic E-state index is 5.56. The molecule has 1 heterocycles. The van der Waals surface area contributed by atoms with Crippen LogP contribution in [0.1, 0.15) is 19.0 Å². The molecular formula is C9H17N5. The minimum Gasteiger partial charge on any atom is -0.370 e. The smallest absolute Gasteiger partial charge is 0.188 e. The van der Waals surface area contributed by atoms with E-state index < -0.39 is 0 Å². The van der Waals surface area contributed by atoms with Gasteiger partial charge in [0.25, 0.3) is 0 Å². The molecule has 14 heavy (non-hydrogen) atoms. The van der Waals surface area contributed by atoms with E-state index in [0.29, 0.717) is 5.96 Å². The molecular weight excluding hydrogens is 178 g/mol. The normalized spacial score (nSPS) is 11.6. The highest BCUT2D eigenvalue weighted by molar-refractivity contribution is 5.77. The van der Waals surface area contributed by atoms with Gasteiger partial charge in [-0.25, -0.2) is 4.98 Å². The van der Waals surface area contributed by atoms with Gasteiger partial charge in [-0.15, -0.1) is 0 Å². The number of hydrogen-bond donors (Lipinski definition) is 3. The van der Waals surface area contributed by atoms with Crippen LogP contribution in [0.15, 0.2) is 17.5 Å². The Balaban J connectivity index is 2.13. The molecule has 4 N–H and O–H groups in total. The zero-order valence-corrected chi connectivity index (χ0v) is 8.45. The van der Waals surface area contributed by atoms with Crippen molar-refractivity contribution < 1.29 is 0 Å². The molecule has 0 atom stereocenters. The van der Waals surface area contributed by atoms with E-state index in [9.17, 15) is 0 Å². The van der Waals surface area contributed by atoms with Crippen LogP contribution < -0.4 is 11.1 Å². The first-order chi connectivity index (χ1) is 6.83. The fraction of sp³-hybridized carbons (Fsp3) is 0.556. The molecule has 0 amide bonds. The summed E-state index contributed by atoms with van der Waals surface area (Å²) in [5, 5.41) is 2.95. The monoisotopic (exact) mass is 195 g/mol. The lowest BCUT2D eigenvalue weighted by atomic mass is 10.2. The van der Waals surface area contributed by atoms with Gasteiger partial charge in [-0.05, 0) is 19.8 Å². The first-order valence-electron chi connectivity index (χ1n) is 4.84. The summed E-state index contributed by atoms with van der Waals surface area (Å²) in [5.41, 5.74) is 6.70. The molecule has 1 aromatic rings. The van der Waals surface area contributed by atoms with Crippen molar-refractivity contribution in [1.29, 1.82) is 0 Å². The van der Waals surface area contributed by atoms with Gasteiger partial charge in [-0.1, -0.05) is 0 Å². The number of guanidine groups is 1. The average Bonchev–Trinajstić information content (AvgIpc) is 2.65. The van der Waals surface area contributed by atoms with Crippen LogP contribution in [0, 0.1) is 0 Å². The molecule has 0 saturated heterocycles. The number of rotatable bonds is 5. The Bertz CT molecular complexity index is 265. The SMILES string of the molecule is CCNC(N)=NCCCc1cnc[nH]1. The molecule has 0 aliphatic carbocycles. The Morgan fingerprint density at radius 3 is 3.21 bits per heavy atom. The number of nitrogens with two attached hydrogens (primary N) is 1. The second-order valence-electron chi connectivity index (χ2n) is 2.98. The Morgan fingerprint density at radius 2 is 2.57 bits per heavy atom. The third-order valence-electron chi connectivity index (χ3n) is 1.80. The van der Waals surface area contributed by atoms with Crippen LogP contribution in [0.4, 0.5) is 0 Å². The second-order valence-corrected chi connectivity index (χ2v) is 2.98. The van der Waals surface area contributed by atoms with Gasteiger partial charge < -0.3 is 16.0 Å². The lowest BCUT2D eigenvalue weighted by molar-refractivity contribution is 0.806. The number of nitrogens with zero attached hydrogens (tertiary/aromatic N) is 2. The molecule has 5 heteroatoms. The van der Waals surface area contributed by atoms with Gasteiger partial charge in [-0.2, -0.15) is 0 Å². The topological polar surface area (TPSA) is 79.1 Å². The van der Waals surface area contributed by atoms with Gasteiger partial charge in [0.15, 0.2) is 5.96 Å². The standard InChI is InChI=1S/C9H17N5/c1-2-12-9(10)13-5-3-4-8-6-11-7-14-8/h6-7H,2-5H2,1H3,(H,11,14)(H3,10,12,13). The lowest BCUT2D eigenvalue weighted by Gasteiger charge is -2.00. The number of nitrogens with one attached hydrogen (secondary N) is 2. The highest BCUT2D eigenvalue weighted by Crippen LogP contribution is 1.96. The van der Waals surface area contributed by atoms with E-state index in [1.807, 2.05) is 13.1 Å². The highest BCUT2D eigenvalue weighted by Gasteiger charge is 1.93. The fourth-order valence-corrected chi connectivity index (χ4v) is 1.13. The summed E-state index contributed by atoms with van der Waals surface area (Å²) in [5.74, 6) is 0.525. The largest absolute Gasteiger partial charge is 0.370 e. The van der Waals surface area contributed by atoms with E-state index in [4.69, 9.17) is 5.73 Å². The molecule has 1 rings (SSSR count). The van der Waals surface area contributed by atoms with Crippen molar-refractivity contribution in [3.8, 4) is 0 Å². The summed E-state index contributed by atoms with van der Waals surface area (Å²) in [6.07, 6.45) is 5.46. The molecule has 0 radical (unpaired) electrons. The zero-order valence-electron chi connectivity index (χ0n) is 8.45. The van der Waals surface area contributed by atoms with Gasteiger partial charge in [0.2, 0.25) is 0 Å². The summed E-state index contributed by atoms with van der Waals surface area (Å²) in [6, 6.07) is 0. The Kier molecular flexibility index (Phi) is 4.54. The third-order valence-corrected chi connectivity index (χ3v) is 1.80. The van der Waals surface area contributed by atoms with E-state index >= 15 is 0 Å². The van der Waals surface area contributed by atoms with E-state index in [1.165, 1.54) is 0 Å². The molecule has 0 unspecified atom stereocenters. The van der Waals surface area contributed by atoms with E-state index in [1.54, 1.807) is 6.33 Å². The summed E-state index contributed by atoms with van der Waals surface area (Å²) < 4.78 is 0. The number of hydrogen-bond acceptors (Lipinski definition) is 2. The highest BCUT2D eigenvalue weighted by atomic mass is 15.1. The first kappa shape index (κ1) is 10.6. The Labute approximate surface area is 83.8 Å². The molecule has 0 aliphatic heterocycles. The van der Waals surface area contributed by atoms with Gasteiger partial charge in [0.1, 0.15) is 0 Å². The summed E-state index contributed by atoms with van der Waals surface area (Å²) in [4.78, 5) is 11.1. The summed E-state index contributed by atoms with van der Waals surface area (Å²) in [7, 11) is 0. The van der Waals surface area contributed by atoms with Crippen LogP contribution in [0.2, 0.25) is 0 Å². The van der Waals surface area contributed by atoms with Crippen LogP contribution in [0.25, 0.3) is 0 Å². The van der Waals surface area contributed by atoms with Crippen molar-refractivity contribution in [3.05, 3.63) is 18.2 Å². The number of imidazole rings is 1. The van der Waals surface area contributed by atoms with Gasteiger partial charge in [-0.3, -0.25) is 4.99 Å². The molecule has 0 bridgehead atoms. The molecule has 0 spiro atoms. The van der Waals surface area contributed by atoms with Crippen LogP contribution in [-0.2, 0) is 6.42 Å². The minimum atomic E-state index is 0.525. The zero-order chi connectivity index (χ0) is 10.2. The molecule has 1 aromatic heterocycles. The van der Waals surface area contributed by atoms with Gasteiger partial charge in [0.05, 0.1) is 6.33 Å². The van der Waals surface area contributed by atoms with Crippen molar-refractivity contribution in [3.63, 3.8) is 0 Å². The van der Waals surface area contributed by atoms with Crippen LogP contribution in [0.5, 0.6) is 0 Å². The van der Waals surface area contributed by atoms with E-state index in [2.05, 4.69) is 20.3 Å². The van der Waals surface area contributed by atoms with E-state index in [-0.39, 0.29) is 0 Å². The summed E-state index contributed by atoms with van der Waals surface area (Å²) >= 11 is 0. The molecule has 78 valence electrons. The van der Waals surface area contributed by atoms with Crippen LogP contribution in [0.3, 0.4) is 0 Å². The van der Waals surface area contributed by atoms with Crippen molar-refractivity contribution in [2.75, 3.05) is 13.1 Å². The average molecular weight is 195 g/mol. The number of aryl methyl sites for hydroxylation is 1. The number of aliphatic imine (C=N–C) groups is 1. The van der Waals surface area contributed by atoms with Crippen LogP contribution >= 0.6 is 0 Å².